The number of carbonyl (C=O) groups is 3. The van der Waals surface area contributed by atoms with Crippen LogP contribution in [-0.2, 0) is 9.59 Å². The van der Waals surface area contributed by atoms with Crippen LogP contribution in [0.2, 0.25) is 10.0 Å². The Morgan fingerprint density at radius 2 is 1.76 bits per heavy atom. The normalized spacial score (nSPS) is 20.5. The average molecular weight is 497 g/mol. The van der Waals surface area contributed by atoms with E-state index in [2.05, 4.69) is 10.6 Å². The molecule has 4 amide bonds. The van der Waals surface area contributed by atoms with E-state index in [-0.39, 0.29) is 34.7 Å². The molecule has 9 heteroatoms. The van der Waals surface area contributed by atoms with Crippen molar-refractivity contribution >= 4 is 46.7 Å². The Hall–Kier alpha value is -1.99. The van der Waals surface area contributed by atoms with Crippen LogP contribution in [-0.4, -0.2) is 59.4 Å². The van der Waals surface area contributed by atoms with Crippen molar-refractivity contribution in [2.45, 2.75) is 65.0 Å². The van der Waals surface area contributed by atoms with Gasteiger partial charge in [0, 0.05) is 31.6 Å². The lowest BCUT2D eigenvalue weighted by Gasteiger charge is -2.43. The van der Waals surface area contributed by atoms with Crippen LogP contribution in [0.4, 0.5) is 10.5 Å². The third-order valence-electron chi connectivity index (χ3n) is 6.60. The number of hydrogen-bond donors (Lipinski definition) is 2. The second kappa shape index (κ2) is 11.4. The molecule has 1 aliphatic heterocycles. The van der Waals surface area contributed by atoms with E-state index >= 15 is 0 Å². The highest BCUT2D eigenvalue weighted by Gasteiger charge is 2.36. The summed E-state index contributed by atoms with van der Waals surface area (Å²) in [5.74, 6) is 0.0883. The maximum atomic E-state index is 13.3. The predicted molar refractivity (Wildman–Crippen MR) is 132 cm³/mol. The molecule has 33 heavy (non-hydrogen) atoms. The molecule has 2 fully saturated rings. The van der Waals surface area contributed by atoms with Crippen molar-refractivity contribution in [3.8, 4) is 0 Å². The lowest BCUT2D eigenvalue weighted by Crippen LogP contribution is -2.60. The molecular formula is C24H34Cl2N4O3. The smallest absolute Gasteiger partial charge is 0.319 e. The Kier molecular flexibility index (Phi) is 8.88. The number of halogens is 2. The molecule has 1 aromatic carbocycles. The molecule has 2 N–H and O–H groups in total. The molecule has 0 bridgehead atoms. The topological polar surface area (TPSA) is 81.8 Å². The molecule has 1 aromatic rings. The molecule has 1 aliphatic carbocycles. The Bertz CT molecular complexity index is 873. The van der Waals surface area contributed by atoms with Crippen molar-refractivity contribution in [1.82, 2.24) is 15.1 Å². The van der Waals surface area contributed by atoms with Crippen LogP contribution in [0.1, 0.15) is 52.9 Å². The van der Waals surface area contributed by atoms with E-state index in [4.69, 9.17) is 23.2 Å². The third-order valence-corrected chi connectivity index (χ3v) is 7.41. The van der Waals surface area contributed by atoms with Crippen molar-refractivity contribution < 1.29 is 14.4 Å². The van der Waals surface area contributed by atoms with Crippen molar-refractivity contribution in [3.05, 3.63) is 28.2 Å². The summed E-state index contributed by atoms with van der Waals surface area (Å²) < 4.78 is 0. The van der Waals surface area contributed by atoms with Gasteiger partial charge in [0.05, 0.1) is 15.7 Å². The summed E-state index contributed by atoms with van der Waals surface area (Å²) in [5.41, 5.74) is 0.375. The molecule has 1 heterocycles. The Morgan fingerprint density at radius 1 is 1.06 bits per heavy atom. The zero-order valence-electron chi connectivity index (χ0n) is 19.6. The zero-order chi connectivity index (χ0) is 24.1. The van der Waals surface area contributed by atoms with E-state index in [9.17, 15) is 14.4 Å². The minimum atomic E-state index is -0.698. The van der Waals surface area contributed by atoms with E-state index in [0.29, 0.717) is 30.3 Å². The Morgan fingerprint density at radius 3 is 2.39 bits per heavy atom. The predicted octanol–water partition coefficient (Wildman–Crippen LogP) is 4.78. The second-order valence-corrected chi connectivity index (χ2v) is 10.2. The maximum absolute atomic E-state index is 13.3. The lowest BCUT2D eigenvalue weighted by molar-refractivity contribution is -0.147. The summed E-state index contributed by atoms with van der Waals surface area (Å²) in [6, 6.07) is 3.69. The van der Waals surface area contributed by atoms with Gasteiger partial charge in [0.15, 0.2) is 0 Å². The molecule has 0 spiro atoms. The number of urea groups is 1. The lowest BCUT2D eigenvalue weighted by atomic mass is 9.87. The molecule has 2 atom stereocenters. The van der Waals surface area contributed by atoms with E-state index in [0.717, 1.165) is 25.7 Å². The van der Waals surface area contributed by atoms with Crippen LogP contribution >= 0.6 is 23.2 Å². The summed E-state index contributed by atoms with van der Waals surface area (Å²) in [7, 11) is 0. The quantitative estimate of drug-likeness (QED) is 0.615. The molecule has 0 radical (unpaired) electrons. The molecular weight excluding hydrogens is 463 g/mol. The first-order valence-corrected chi connectivity index (χ1v) is 12.6. The summed E-state index contributed by atoms with van der Waals surface area (Å²) in [6.07, 6.45) is 5.38. The van der Waals surface area contributed by atoms with Gasteiger partial charge in [-0.05, 0) is 37.8 Å². The fourth-order valence-electron chi connectivity index (χ4n) is 4.68. The number of hydrogen-bond acceptors (Lipinski definition) is 3. The number of nitrogens with one attached hydrogen (secondary N) is 2. The van der Waals surface area contributed by atoms with Gasteiger partial charge in [0.2, 0.25) is 11.8 Å². The molecule has 1 saturated carbocycles. The monoisotopic (exact) mass is 496 g/mol. The standard InChI is InChI=1S/C24H34Cl2N4O3/c1-15(2)21(28-24(33)27-19-11-7-10-18(25)20(19)26)23(32)29-12-13-30(16(3)14-29)22(31)17-8-5-4-6-9-17/h7,10-11,15-17,21H,4-6,8-9,12-14H2,1-3H3,(H2,27,28,33). The Balaban J connectivity index is 1.60. The van der Waals surface area contributed by atoms with E-state index in [1.807, 2.05) is 25.7 Å². The van der Waals surface area contributed by atoms with Crippen molar-refractivity contribution in [2.75, 3.05) is 25.0 Å². The molecule has 182 valence electrons. The van der Waals surface area contributed by atoms with Gasteiger partial charge in [0.25, 0.3) is 0 Å². The van der Waals surface area contributed by atoms with Crippen molar-refractivity contribution in [3.63, 3.8) is 0 Å². The Labute approximate surface area is 206 Å². The number of benzene rings is 1. The minimum absolute atomic E-state index is 0.0518. The van der Waals surface area contributed by atoms with E-state index in [1.165, 1.54) is 6.42 Å². The number of nitrogens with zero attached hydrogens (tertiary/aromatic N) is 2. The van der Waals surface area contributed by atoms with Gasteiger partial charge in [-0.3, -0.25) is 9.59 Å². The fourth-order valence-corrected chi connectivity index (χ4v) is 5.03. The third kappa shape index (κ3) is 6.33. The molecule has 7 nitrogen and oxygen atoms in total. The number of anilines is 1. The summed E-state index contributed by atoms with van der Waals surface area (Å²) in [4.78, 5) is 42.6. The van der Waals surface area contributed by atoms with Crippen LogP contribution in [0.3, 0.4) is 0 Å². The van der Waals surface area contributed by atoms with Crippen molar-refractivity contribution in [1.29, 1.82) is 0 Å². The van der Waals surface area contributed by atoms with Gasteiger partial charge in [-0.25, -0.2) is 4.79 Å². The van der Waals surface area contributed by atoms with Crippen LogP contribution in [0.5, 0.6) is 0 Å². The van der Waals surface area contributed by atoms with E-state index < -0.39 is 12.1 Å². The van der Waals surface area contributed by atoms with Gasteiger partial charge in [0.1, 0.15) is 6.04 Å². The van der Waals surface area contributed by atoms with Gasteiger partial charge >= 0.3 is 6.03 Å². The van der Waals surface area contributed by atoms with Crippen LogP contribution in [0.25, 0.3) is 0 Å². The first-order chi connectivity index (χ1) is 15.7. The highest BCUT2D eigenvalue weighted by Crippen LogP contribution is 2.30. The van der Waals surface area contributed by atoms with Crippen molar-refractivity contribution in [2.24, 2.45) is 11.8 Å². The SMILES string of the molecule is CC(C)C(NC(=O)Nc1cccc(Cl)c1Cl)C(=O)N1CCN(C(=O)C2CCCCC2)C(C)C1. The van der Waals surface area contributed by atoms with Gasteiger partial charge in [-0.2, -0.15) is 0 Å². The van der Waals surface area contributed by atoms with Gasteiger partial charge < -0.3 is 20.4 Å². The number of piperazine rings is 1. The summed E-state index contributed by atoms with van der Waals surface area (Å²) >= 11 is 12.2. The molecule has 2 aliphatic rings. The fraction of sp³-hybridized carbons (Fsp3) is 0.625. The van der Waals surface area contributed by atoms with Crippen LogP contribution in [0.15, 0.2) is 18.2 Å². The highest BCUT2D eigenvalue weighted by molar-refractivity contribution is 6.43. The molecule has 1 saturated heterocycles. The zero-order valence-corrected chi connectivity index (χ0v) is 21.1. The minimum Gasteiger partial charge on any atom is -0.337 e. The number of carbonyl (C=O) groups excluding carboxylic acids is 3. The number of amides is 4. The summed E-state index contributed by atoms with van der Waals surface area (Å²) in [5, 5.41) is 6.04. The first kappa shape index (κ1) is 25.6. The van der Waals surface area contributed by atoms with E-state index in [1.54, 1.807) is 23.1 Å². The van der Waals surface area contributed by atoms with Crippen LogP contribution < -0.4 is 10.6 Å². The average Bonchev–Trinajstić information content (AvgIpc) is 2.80. The molecule has 2 unspecified atom stereocenters. The highest BCUT2D eigenvalue weighted by atomic mass is 35.5. The van der Waals surface area contributed by atoms with Gasteiger partial charge in [-0.15, -0.1) is 0 Å². The summed E-state index contributed by atoms with van der Waals surface area (Å²) in [6.45, 7) is 7.23. The largest absolute Gasteiger partial charge is 0.337 e. The first-order valence-electron chi connectivity index (χ1n) is 11.8. The van der Waals surface area contributed by atoms with Gasteiger partial charge in [-0.1, -0.05) is 62.4 Å². The molecule has 0 aromatic heterocycles. The maximum Gasteiger partial charge on any atom is 0.319 e. The second-order valence-electron chi connectivity index (χ2n) is 9.42. The number of rotatable bonds is 5. The van der Waals surface area contributed by atoms with Crippen LogP contribution in [0, 0.1) is 11.8 Å². The molecule has 3 rings (SSSR count).